The van der Waals surface area contributed by atoms with Crippen molar-refractivity contribution < 1.29 is 32.0 Å². The lowest BCUT2D eigenvalue weighted by atomic mass is 10.2. The van der Waals surface area contributed by atoms with Gasteiger partial charge in [-0.3, -0.25) is 10.1 Å². The van der Waals surface area contributed by atoms with Crippen molar-refractivity contribution in [1.82, 2.24) is 9.97 Å². The van der Waals surface area contributed by atoms with Gasteiger partial charge in [0.2, 0.25) is 0 Å². The van der Waals surface area contributed by atoms with Crippen molar-refractivity contribution in [1.29, 1.82) is 0 Å². The lowest BCUT2D eigenvalue weighted by molar-refractivity contribution is -0.385. The molecule has 0 radical (unpaired) electrons. The number of nitrogens with zero attached hydrogens (tertiary/aromatic N) is 4. The van der Waals surface area contributed by atoms with Gasteiger partial charge in [0, 0.05) is 25.8 Å². The van der Waals surface area contributed by atoms with E-state index in [0.717, 1.165) is 6.07 Å². The van der Waals surface area contributed by atoms with Gasteiger partial charge in [-0.1, -0.05) is 0 Å². The highest BCUT2D eigenvalue weighted by atomic mass is 79.9. The molecule has 1 aromatic carbocycles. The lowest BCUT2D eigenvalue weighted by Crippen LogP contribution is -2.28. The third kappa shape index (κ3) is 4.41. The van der Waals surface area contributed by atoms with E-state index in [-0.39, 0.29) is 16.7 Å². The molecule has 1 aliphatic rings. The van der Waals surface area contributed by atoms with Crippen LogP contribution in [0.3, 0.4) is 0 Å². The van der Waals surface area contributed by atoms with Crippen molar-refractivity contribution in [3.05, 3.63) is 26.5 Å². The van der Waals surface area contributed by atoms with Gasteiger partial charge in [0.05, 0.1) is 16.9 Å². The van der Waals surface area contributed by atoms with Crippen LogP contribution < -0.4 is 9.64 Å². The monoisotopic (exact) mass is 468 g/mol. The topological polar surface area (TPSA) is 90.6 Å². The van der Waals surface area contributed by atoms with Gasteiger partial charge in [-0.25, -0.2) is 4.39 Å². The number of halogens is 5. The second-order valence-electron chi connectivity index (χ2n) is 5.86. The van der Waals surface area contributed by atoms with E-state index in [4.69, 9.17) is 4.74 Å². The average molecular weight is 469 g/mol. The minimum absolute atomic E-state index is 0.00587. The lowest BCUT2D eigenvalue weighted by Gasteiger charge is -2.23. The van der Waals surface area contributed by atoms with Crippen LogP contribution in [0.15, 0.2) is 10.5 Å². The molecule has 1 aromatic heterocycles. The highest BCUT2D eigenvalue weighted by Crippen LogP contribution is 2.37. The highest BCUT2D eigenvalue weighted by molar-refractivity contribution is 9.10. The van der Waals surface area contributed by atoms with Gasteiger partial charge < -0.3 is 14.4 Å². The molecule has 2 aromatic rings. The van der Waals surface area contributed by atoms with Gasteiger partial charge in [-0.2, -0.15) is 23.1 Å². The molecular formula is C15H13BrF4N4O4. The van der Waals surface area contributed by atoms with Crippen molar-refractivity contribution >= 4 is 38.3 Å². The maximum atomic E-state index is 14.7. The van der Waals surface area contributed by atoms with Gasteiger partial charge in [0.15, 0.2) is 12.4 Å². The standard InChI is InChI=1S/C15H13BrF4N4O4/c16-10-9(24(25)26)6-8-12(11(10)17)21-14(28-7-15(18,19)20)22-13(8)23-2-1-4-27-5-3-23/h6H,1-5,7H2. The van der Waals surface area contributed by atoms with E-state index in [1.165, 1.54) is 0 Å². The minimum Gasteiger partial charge on any atom is -0.454 e. The number of fused-ring (bicyclic) bond motifs is 1. The Morgan fingerprint density at radius 1 is 1.32 bits per heavy atom. The molecular weight excluding hydrogens is 456 g/mol. The second kappa shape index (κ2) is 7.99. The minimum atomic E-state index is -4.64. The molecule has 0 aliphatic carbocycles. The third-order valence-corrected chi connectivity index (χ3v) is 4.65. The van der Waals surface area contributed by atoms with Gasteiger partial charge in [0.1, 0.15) is 15.8 Å². The quantitative estimate of drug-likeness (QED) is 0.384. The number of ether oxygens (including phenoxy) is 2. The summed E-state index contributed by atoms with van der Waals surface area (Å²) in [4.78, 5) is 19.8. The van der Waals surface area contributed by atoms with Crippen molar-refractivity contribution in [3.8, 4) is 6.01 Å². The van der Waals surface area contributed by atoms with E-state index in [0.29, 0.717) is 32.7 Å². The zero-order valence-corrected chi connectivity index (χ0v) is 15.7. The number of hydrogen-bond acceptors (Lipinski definition) is 7. The van der Waals surface area contributed by atoms with E-state index in [1.807, 2.05) is 0 Å². The van der Waals surface area contributed by atoms with Gasteiger partial charge >= 0.3 is 12.2 Å². The Labute approximate surface area is 163 Å². The van der Waals surface area contributed by atoms with Gasteiger partial charge in [0.25, 0.3) is 5.69 Å². The summed E-state index contributed by atoms with van der Waals surface area (Å²) < 4.78 is 61.7. The summed E-state index contributed by atoms with van der Waals surface area (Å²) in [5.74, 6) is -1.04. The first-order valence-electron chi connectivity index (χ1n) is 8.04. The molecule has 0 spiro atoms. The number of aromatic nitrogens is 2. The molecule has 3 rings (SSSR count). The molecule has 0 unspecified atom stereocenters. The summed E-state index contributed by atoms with van der Waals surface area (Å²) >= 11 is 2.80. The number of alkyl halides is 3. The first kappa shape index (κ1) is 20.5. The van der Waals surface area contributed by atoms with Crippen LogP contribution in [-0.4, -0.2) is 54.0 Å². The fourth-order valence-corrected chi connectivity index (χ4v) is 3.14. The summed E-state index contributed by atoms with van der Waals surface area (Å²) in [6.45, 7) is -0.147. The number of rotatable bonds is 4. The molecule has 0 amide bonds. The molecule has 1 fully saturated rings. The number of nitro benzene ring substituents is 1. The summed E-state index contributed by atoms with van der Waals surface area (Å²) in [5.41, 5.74) is -0.935. The normalized spacial score (nSPS) is 15.5. The summed E-state index contributed by atoms with van der Waals surface area (Å²) in [5, 5.41) is 11.2. The Hall–Kier alpha value is -2.28. The summed E-state index contributed by atoms with van der Waals surface area (Å²) in [6, 6.07) is 0.404. The number of hydrogen-bond donors (Lipinski definition) is 0. The van der Waals surface area contributed by atoms with Crippen molar-refractivity contribution in [2.45, 2.75) is 12.6 Å². The van der Waals surface area contributed by atoms with Crippen LogP contribution in [0.5, 0.6) is 6.01 Å². The molecule has 0 N–H and O–H groups in total. The Bertz CT molecular complexity index is 904. The Morgan fingerprint density at radius 3 is 2.75 bits per heavy atom. The van der Waals surface area contributed by atoms with Crippen molar-refractivity contribution in [2.24, 2.45) is 0 Å². The zero-order chi connectivity index (χ0) is 20.5. The number of anilines is 1. The Balaban J connectivity index is 2.18. The largest absolute Gasteiger partial charge is 0.454 e. The maximum absolute atomic E-state index is 14.7. The third-order valence-electron chi connectivity index (χ3n) is 3.89. The highest BCUT2D eigenvalue weighted by Gasteiger charge is 2.30. The van der Waals surface area contributed by atoms with E-state index in [1.54, 1.807) is 4.90 Å². The molecule has 0 atom stereocenters. The van der Waals surface area contributed by atoms with Crippen molar-refractivity contribution in [2.75, 3.05) is 37.8 Å². The first-order chi connectivity index (χ1) is 13.2. The van der Waals surface area contributed by atoms with Crippen LogP contribution in [0, 0.1) is 15.9 Å². The van der Waals surface area contributed by atoms with Gasteiger partial charge in [-0.15, -0.1) is 0 Å². The molecule has 28 heavy (non-hydrogen) atoms. The molecule has 0 saturated carbocycles. The summed E-state index contributed by atoms with van der Waals surface area (Å²) in [7, 11) is 0. The molecule has 8 nitrogen and oxygen atoms in total. The molecule has 1 aliphatic heterocycles. The fourth-order valence-electron chi connectivity index (χ4n) is 2.70. The van der Waals surface area contributed by atoms with Crippen LogP contribution in [0.25, 0.3) is 10.9 Å². The molecule has 2 heterocycles. The Kier molecular flexibility index (Phi) is 5.84. The number of nitro groups is 1. The molecule has 1 saturated heterocycles. The van der Waals surface area contributed by atoms with E-state index >= 15 is 0 Å². The van der Waals surface area contributed by atoms with E-state index in [2.05, 4.69) is 30.6 Å². The van der Waals surface area contributed by atoms with E-state index in [9.17, 15) is 27.7 Å². The predicted octanol–water partition coefficient (Wildman–Crippen LogP) is 3.61. The SMILES string of the molecule is O=[N+]([O-])c1cc2c(N3CCCOCC3)nc(OCC(F)(F)F)nc2c(F)c1Br. The Morgan fingerprint density at radius 2 is 2.07 bits per heavy atom. The van der Waals surface area contributed by atoms with Crippen LogP contribution in [0.1, 0.15) is 6.42 Å². The first-order valence-corrected chi connectivity index (χ1v) is 8.83. The zero-order valence-electron chi connectivity index (χ0n) is 14.1. The van der Waals surface area contributed by atoms with Crippen LogP contribution in [0.4, 0.5) is 29.1 Å². The molecule has 13 heteroatoms. The van der Waals surface area contributed by atoms with Crippen molar-refractivity contribution in [3.63, 3.8) is 0 Å². The fraction of sp³-hybridized carbons (Fsp3) is 0.467. The maximum Gasteiger partial charge on any atom is 0.422 e. The number of benzene rings is 1. The van der Waals surface area contributed by atoms with Gasteiger partial charge in [-0.05, 0) is 22.4 Å². The van der Waals surface area contributed by atoms with Crippen LogP contribution in [-0.2, 0) is 4.74 Å². The van der Waals surface area contributed by atoms with Crippen LogP contribution >= 0.6 is 15.9 Å². The van der Waals surface area contributed by atoms with Crippen LogP contribution in [0.2, 0.25) is 0 Å². The predicted molar refractivity (Wildman–Crippen MR) is 93.0 cm³/mol. The molecule has 152 valence electrons. The van der Waals surface area contributed by atoms with E-state index < -0.39 is 39.7 Å². The second-order valence-corrected chi connectivity index (χ2v) is 6.66. The smallest absolute Gasteiger partial charge is 0.422 e. The summed E-state index contributed by atoms with van der Waals surface area (Å²) in [6.07, 6.45) is -4.05. The molecule has 0 bridgehead atoms. The average Bonchev–Trinajstić information content (AvgIpc) is 2.91.